The lowest BCUT2D eigenvalue weighted by Crippen LogP contribution is -2.33. The summed E-state index contributed by atoms with van der Waals surface area (Å²) in [6.07, 6.45) is 0.708. The van der Waals surface area contributed by atoms with Crippen molar-refractivity contribution in [2.24, 2.45) is 0 Å². The highest BCUT2D eigenvalue weighted by molar-refractivity contribution is 7.15. The fourth-order valence-corrected chi connectivity index (χ4v) is 3.58. The number of fused-ring (bicyclic) bond motifs is 1. The highest BCUT2D eigenvalue weighted by Crippen LogP contribution is 2.33. The van der Waals surface area contributed by atoms with Gasteiger partial charge in [0.15, 0.2) is 11.6 Å². The summed E-state index contributed by atoms with van der Waals surface area (Å²) in [6.45, 7) is 3.99. The maximum atomic E-state index is 14.0. The van der Waals surface area contributed by atoms with Crippen LogP contribution in [0.2, 0.25) is 0 Å². The second-order valence-electron chi connectivity index (χ2n) is 5.32. The maximum absolute atomic E-state index is 14.0. The molecule has 3 rings (SSSR count). The van der Waals surface area contributed by atoms with Crippen LogP contribution in [0.1, 0.15) is 24.4 Å². The topological polar surface area (TPSA) is 59.5 Å². The summed E-state index contributed by atoms with van der Waals surface area (Å²) >= 11 is 1.46. The third-order valence-corrected chi connectivity index (χ3v) is 4.74. The standard InChI is InChI=1S/C16H15FN2O3S/c1-9(20)19-6-5-13-15(8-19)23-16(18-13)11-3-4-14(12(17)7-11)22-10(2)21/h3-4,7H,5-6,8H2,1-2H3. The van der Waals surface area contributed by atoms with Gasteiger partial charge in [0, 0.05) is 37.3 Å². The van der Waals surface area contributed by atoms with Gasteiger partial charge in [-0.2, -0.15) is 0 Å². The number of hydrogen-bond acceptors (Lipinski definition) is 5. The van der Waals surface area contributed by atoms with Crippen molar-refractivity contribution in [2.75, 3.05) is 6.54 Å². The number of ether oxygens (including phenoxy) is 1. The lowest BCUT2D eigenvalue weighted by atomic mass is 10.1. The van der Waals surface area contributed by atoms with E-state index < -0.39 is 11.8 Å². The summed E-state index contributed by atoms with van der Waals surface area (Å²) in [5.74, 6) is -1.21. The van der Waals surface area contributed by atoms with Crippen LogP contribution < -0.4 is 4.74 Å². The first-order valence-corrected chi connectivity index (χ1v) is 7.98. The van der Waals surface area contributed by atoms with Gasteiger partial charge in [0.1, 0.15) is 5.01 Å². The molecule has 2 aromatic rings. The highest BCUT2D eigenvalue weighted by atomic mass is 32.1. The monoisotopic (exact) mass is 334 g/mol. The van der Waals surface area contributed by atoms with E-state index in [0.29, 0.717) is 30.1 Å². The van der Waals surface area contributed by atoms with Crippen LogP contribution in [0, 0.1) is 5.82 Å². The number of carbonyl (C=O) groups excluding carboxylic acids is 2. The van der Waals surface area contributed by atoms with Gasteiger partial charge in [-0.15, -0.1) is 11.3 Å². The van der Waals surface area contributed by atoms with Gasteiger partial charge in [0.05, 0.1) is 12.2 Å². The predicted molar refractivity (Wildman–Crippen MR) is 83.6 cm³/mol. The van der Waals surface area contributed by atoms with Crippen molar-refractivity contribution in [3.63, 3.8) is 0 Å². The molecule has 1 aliphatic heterocycles. The van der Waals surface area contributed by atoms with Crippen LogP contribution in [-0.2, 0) is 22.6 Å². The van der Waals surface area contributed by atoms with E-state index in [2.05, 4.69) is 4.98 Å². The zero-order valence-corrected chi connectivity index (χ0v) is 13.6. The fraction of sp³-hybridized carbons (Fsp3) is 0.312. The molecule has 0 bridgehead atoms. The molecule has 0 unspecified atom stereocenters. The number of halogens is 1. The largest absolute Gasteiger partial charge is 0.424 e. The molecular weight excluding hydrogens is 319 g/mol. The first-order valence-electron chi connectivity index (χ1n) is 7.16. The molecule has 120 valence electrons. The van der Waals surface area contributed by atoms with Gasteiger partial charge < -0.3 is 9.64 Å². The molecule has 0 fully saturated rings. The third-order valence-electron chi connectivity index (χ3n) is 3.61. The van der Waals surface area contributed by atoms with Crippen molar-refractivity contribution in [1.82, 2.24) is 9.88 Å². The van der Waals surface area contributed by atoms with Crippen LogP contribution in [0.5, 0.6) is 5.75 Å². The minimum atomic E-state index is -0.601. The van der Waals surface area contributed by atoms with Crippen LogP contribution in [-0.4, -0.2) is 28.3 Å². The van der Waals surface area contributed by atoms with Gasteiger partial charge in [0.2, 0.25) is 5.91 Å². The summed E-state index contributed by atoms with van der Waals surface area (Å²) in [7, 11) is 0. The molecule has 7 heteroatoms. The molecule has 0 saturated heterocycles. The Labute approximate surface area is 136 Å². The quantitative estimate of drug-likeness (QED) is 0.626. The molecule has 1 aromatic carbocycles. The zero-order chi connectivity index (χ0) is 16.6. The molecule has 1 aliphatic rings. The Balaban J connectivity index is 1.87. The van der Waals surface area contributed by atoms with E-state index in [1.54, 1.807) is 17.9 Å². The van der Waals surface area contributed by atoms with Gasteiger partial charge in [0.25, 0.3) is 0 Å². The average molecular weight is 334 g/mol. The Morgan fingerprint density at radius 1 is 1.35 bits per heavy atom. The molecule has 2 heterocycles. The second kappa shape index (κ2) is 6.08. The third kappa shape index (κ3) is 3.24. The molecule has 1 aromatic heterocycles. The number of aromatic nitrogens is 1. The second-order valence-corrected chi connectivity index (χ2v) is 6.40. The number of benzene rings is 1. The Hall–Kier alpha value is -2.28. The molecule has 0 N–H and O–H groups in total. The SMILES string of the molecule is CC(=O)Oc1ccc(-c2nc3c(s2)CN(C(C)=O)CC3)cc1F. The fourth-order valence-electron chi connectivity index (χ4n) is 2.46. The molecule has 0 atom stereocenters. The van der Waals surface area contributed by atoms with Crippen LogP contribution in [0.15, 0.2) is 18.2 Å². The van der Waals surface area contributed by atoms with Crippen LogP contribution in [0.25, 0.3) is 10.6 Å². The molecule has 5 nitrogen and oxygen atoms in total. The number of carbonyl (C=O) groups is 2. The minimum Gasteiger partial charge on any atom is -0.424 e. The Morgan fingerprint density at radius 2 is 2.13 bits per heavy atom. The lowest BCUT2D eigenvalue weighted by molar-refractivity contribution is -0.132. The Kier molecular flexibility index (Phi) is 4.12. The number of rotatable bonds is 2. The number of amides is 1. The van der Waals surface area contributed by atoms with E-state index in [1.165, 1.54) is 30.4 Å². The van der Waals surface area contributed by atoms with Crippen LogP contribution >= 0.6 is 11.3 Å². The van der Waals surface area contributed by atoms with E-state index in [-0.39, 0.29) is 11.7 Å². The van der Waals surface area contributed by atoms with Crippen molar-refractivity contribution in [2.45, 2.75) is 26.8 Å². The number of esters is 1. The number of hydrogen-bond donors (Lipinski definition) is 0. The van der Waals surface area contributed by atoms with E-state index in [1.807, 2.05) is 0 Å². The van der Waals surface area contributed by atoms with E-state index in [4.69, 9.17) is 4.74 Å². The van der Waals surface area contributed by atoms with Crippen LogP contribution in [0.3, 0.4) is 0 Å². The molecule has 0 saturated carbocycles. The van der Waals surface area contributed by atoms with E-state index in [9.17, 15) is 14.0 Å². The van der Waals surface area contributed by atoms with Gasteiger partial charge >= 0.3 is 5.97 Å². The normalized spacial score (nSPS) is 13.6. The Bertz CT molecular complexity index is 788. The van der Waals surface area contributed by atoms with Crippen molar-refractivity contribution in [3.8, 4) is 16.3 Å². The summed E-state index contributed by atoms with van der Waals surface area (Å²) in [5, 5.41) is 0.702. The summed E-state index contributed by atoms with van der Waals surface area (Å²) < 4.78 is 18.8. The van der Waals surface area contributed by atoms with Crippen LogP contribution in [0.4, 0.5) is 4.39 Å². The van der Waals surface area contributed by atoms with Gasteiger partial charge in [-0.3, -0.25) is 9.59 Å². The van der Waals surface area contributed by atoms with Gasteiger partial charge in [-0.05, 0) is 18.2 Å². The first-order chi connectivity index (χ1) is 10.9. The molecule has 0 aliphatic carbocycles. The van der Waals surface area contributed by atoms with Crippen molar-refractivity contribution in [3.05, 3.63) is 34.6 Å². The zero-order valence-electron chi connectivity index (χ0n) is 12.8. The molecule has 0 spiro atoms. The van der Waals surface area contributed by atoms with E-state index >= 15 is 0 Å². The molecule has 1 amide bonds. The molecule has 0 radical (unpaired) electrons. The smallest absolute Gasteiger partial charge is 0.308 e. The first kappa shape index (κ1) is 15.6. The van der Waals surface area contributed by atoms with Gasteiger partial charge in [-0.25, -0.2) is 9.37 Å². The molecular formula is C16H15FN2O3S. The maximum Gasteiger partial charge on any atom is 0.308 e. The predicted octanol–water partition coefficient (Wildman–Crippen LogP) is 2.78. The minimum absolute atomic E-state index is 0.0439. The summed E-state index contributed by atoms with van der Waals surface area (Å²) in [6, 6.07) is 4.41. The van der Waals surface area contributed by atoms with E-state index in [0.717, 1.165) is 10.6 Å². The van der Waals surface area contributed by atoms with Gasteiger partial charge in [-0.1, -0.05) is 0 Å². The van der Waals surface area contributed by atoms with Crippen molar-refractivity contribution in [1.29, 1.82) is 0 Å². The molecule has 23 heavy (non-hydrogen) atoms. The lowest BCUT2D eigenvalue weighted by Gasteiger charge is -2.24. The number of thiazole rings is 1. The summed E-state index contributed by atoms with van der Waals surface area (Å²) in [4.78, 5) is 29.7. The highest BCUT2D eigenvalue weighted by Gasteiger charge is 2.22. The average Bonchev–Trinajstić information content (AvgIpc) is 2.91. The summed E-state index contributed by atoms with van der Waals surface area (Å²) in [5.41, 5.74) is 1.60. The van der Waals surface area contributed by atoms with Crippen molar-refractivity contribution < 1.29 is 18.7 Å². The Morgan fingerprint density at radius 3 is 2.78 bits per heavy atom. The number of nitrogens with zero attached hydrogens (tertiary/aromatic N) is 2. The van der Waals surface area contributed by atoms with Crippen molar-refractivity contribution >= 4 is 23.2 Å².